The minimum absolute atomic E-state index is 0. The van der Waals surface area contributed by atoms with Gasteiger partial charge < -0.3 is 20.3 Å². The Morgan fingerprint density at radius 3 is 2.59 bits per heavy atom. The number of ether oxygens (including phenoxy) is 1. The third-order valence-corrected chi connectivity index (χ3v) is 4.92. The van der Waals surface area contributed by atoms with E-state index in [1.807, 2.05) is 0 Å². The average Bonchev–Trinajstić information content (AvgIpc) is 2.66. The van der Waals surface area contributed by atoms with Crippen LogP contribution in [0.15, 0.2) is 35.3 Å². The van der Waals surface area contributed by atoms with Gasteiger partial charge in [-0.15, -0.1) is 24.0 Å². The number of aliphatic imine (C=N–C) groups is 1. The molecule has 2 unspecified atom stereocenters. The second-order valence-corrected chi connectivity index (χ2v) is 8.14. The molecule has 1 aliphatic rings. The van der Waals surface area contributed by atoms with Gasteiger partial charge in [0.15, 0.2) is 5.96 Å². The summed E-state index contributed by atoms with van der Waals surface area (Å²) in [5.41, 5.74) is 1.28. The monoisotopic (exact) mass is 517 g/mol. The maximum absolute atomic E-state index is 5.96. The number of rotatable bonds is 9. The van der Waals surface area contributed by atoms with Crippen LogP contribution in [0.2, 0.25) is 0 Å². The van der Waals surface area contributed by atoms with Gasteiger partial charge in [-0.2, -0.15) is 0 Å². The van der Waals surface area contributed by atoms with Gasteiger partial charge in [-0.25, -0.2) is 0 Å². The van der Waals surface area contributed by atoms with E-state index in [4.69, 9.17) is 9.73 Å². The summed E-state index contributed by atoms with van der Waals surface area (Å²) in [6, 6.07) is 10.8. The van der Waals surface area contributed by atoms with Crippen LogP contribution in [0.1, 0.15) is 32.4 Å². The van der Waals surface area contributed by atoms with Crippen molar-refractivity contribution in [3.05, 3.63) is 35.9 Å². The molecule has 1 heterocycles. The number of halogens is 1. The fourth-order valence-electron chi connectivity index (χ4n) is 3.56. The predicted octanol–water partition coefficient (Wildman–Crippen LogP) is 2.82. The molecule has 1 aliphatic heterocycles. The number of nitrogens with zero attached hydrogens (tertiary/aromatic N) is 3. The van der Waals surface area contributed by atoms with Crippen LogP contribution in [-0.4, -0.2) is 81.8 Å². The van der Waals surface area contributed by atoms with Crippen LogP contribution in [0.5, 0.6) is 0 Å². The predicted molar refractivity (Wildman–Crippen MR) is 133 cm³/mol. The van der Waals surface area contributed by atoms with Crippen molar-refractivity contribution in [2.75, 3.05) is 60.0 Å². The topological polar surface area (TPSA) is 52.1 Å². The molecule has 0 radical (unpaired) electrons. The Hall–Kier alpha value is -0.900. The van der Waals surface area contributed by atoms with E-state index in [-0.39, 0.29) is 36.1 Å². The minimum atomic E-state index is 0. The van der Waals surface area contributed by atoms with Gasteiger partial charge in [-0.1, -0.05) is 44.2 Å². The van der Waals surface area contributed by atoms with Crippen molar-refractivity contribution < 1.29 is 4.74 Å². The lowest BCUT2D eigenvalue weighted by molar-refractivity contribution is -0.0284. The van der Waals surface area contributed by atoms with Crippen molar-refractivity contribution >= 4 is 29.9 Å². The number of guanidine groups is 1. The van der Waals surface area contributed by atoms with Crippen molar-refractivity contribution in [2.24, 2.45) is 10.9 Å². The molecule has 0 spiro atoms. The number of nitrogens with one attached hydrogen (secondary N) is 2. The Labute approximate surface area is 194 Å². The van der Waals surface area contributed by atoms with Gasteiger partial charge in [-0.05, 0) is 32.5 Å². The Morgan fingerprint density at radius 2 is 1.97 bits per heavy atom. The van der Waals surface area contributed by atoms with Crippen LogP contribution in [0, 0.1) is 5.92 Å². The maximum Gasteiger partial charge on any atom is 0.191 e. The zero-order valence-corrected chi connectivity index (χ0v) is 21.1. The Kier molecular flexibility index (Phi) is 12.8. The van der Waals surface area contributed by atoms with Crippen LogP contribution in [0.4, 0.5) is 0 Å². The largest absolute Gasteiger partial charge is 0.374 e. The maximum atomic E-state index is 5.96. The van der Waals surface area contributed by atoms with Crippen molar-refractivity contribution in [3.63, 3.8) is 0 Å². The quantitative estimate of drug-likeness (QED) is 0.300. The Balaban J connectivity index is 0.00000420. The summed E-state index contributed by atoms with van der Waals surface area (Å²) in [7, 11) is 4.21. The zero-order valence-electron chi connectivity index (χ0n) is 18.7. The molecule has 7 heteroatoms. The standard InChI is InChI=1S/C22H39N5O.HI/c1-6-23-22(24-14-20-17-27(12-13-28-20)16-18(2)3)25-15-21(26(4)5)19-10-8-7-9-11-19;/h7-11,18,20-21H,6,12-17H2,1-5H3,(H2,23,24,25);1H. The lowest BCUT2D eigenvalue weighted by Gasteiger charge is -2.34. The van der Waals surface area contributed by atoms with Gasteiger partial charge in [0, 0.05) is 32.7 Å². The first-order valence-corrected chi connectivity index (χ1v) is 10.6. The molecule has 1 aromatic carbocycles. The first kappa shape index (κ1) is 26.1. The molecule has 1 aromatic rings. The van der Waals surface area contributed by atoms with Crippen molar-refractivity contribution in [1.29, 1.82) is 0 Å². The lowest BCUT2D eigenvalue weighted by atomic mass is 10.1. The molecule has 2 rings (SSSR count). The number of hydrogen-bond acceptors (Lipinski definition) is 4. The molecule has 0 saturated carbocycles. The molecule has 6 nitrogen and oxygen atoms in total. The Bertz CT molecular complexity index is 582. The van der Waals surface area contributed by atoms with E-state index in [2.05, 4.69) is 85.6 Å². The highest BCUT2D eigenvalue weighted by molar-refractivity contribution is 14.0. The van der Waals surface area contributed by atoms with Crippen molar-refractivity contribution in [3.8, 4) is 0 Å². The van der Waals surface area contributed by atoms with Crippen molar-refractivity contribution in [1.82, 2.24) is 20.4 Å². The van der Waals surface area contributed by atoms with E-state index in [0.29, 0.717) is 12.5 Å². The van der Waals surface area contributed by atoms with E-state index in [1.165, 1.54) is 5.56 Å². The van der Waals surface area contributed by atoms with Gasteiger partial charge in [0.1, 0.15) is 0 Å². The third kappa shape index (κ3) is 9.63. The first-order chi connectivity index (χ1) is 13.5. The SMILES string of the molecule is CCNC(=NCC(c1ccccc1)N(C)C)NCC1CN(CC(C)C)CCO1.I. The summed E-state index contributed by atoms with van der Waals surface area (Å²) in [5, 5.41) is 6.84. The number of morpholine rings is 1. The van der Waals surface area contributed by atoms with E-state index < -0.39 is 0 Å². The smallest absolute Gasteiger partial charge is 0.191 e. The molecular formula is C22H40IN5O. The Morgan fingerprint density at radius 1 is 1.24 bits per heavy atom. The normalized spacial score (nSPS) is 19.1. The van der Waals surface area contributed by atoms with Gasteiger partial charge >= 0.3 is 0 Å². The molecule has 29 heavy (non-hydrogen) atoms. The van der Waals surface area contributed by atoms with Gasteiger partial charge in [-0.3, -0.25) is 9.89 Å². The minimum Gasteiger partial charge on any atom is -0.374 e. The van der Waals surface area contributed by atoms with Crippen LogP contribution in [-0.2, 0) is 4.74 Å². The van der Waals surface area contributed by atoms with E-state index >= 15 is 0 Å². The average molecular weight is 518 g/mol. The molecule has 0 bridgehead atoms. The van der Waals surface area contributed by atoms with E-state index in [1.54, 1.807) is 0 Å². The summed E-state index contributed by atoms with van der Waals surface area (Å²) in [4.78, 5) is 9.57. The van der Waals surface area contributed by atoms with Crippen molar-refractivity contribution in [2.45, 2.75) is 32.9 Å². The van der Waals surface area contributed by atoms with Gasteiger partial charge in [0.05, 0.1) is 25.3 Å². The van der Waals surface area contributed by atoms with Crippen LogP contribution < -0.4 is 10.6 Å². The van der Waals surface area contributed by atoms with Gasteiger partial charge in [0.2, 0.25) is 0 Å². The highest BCUT2D eigenvalue weighted by Crippen LogP contribution is 2.18. The second kappa shape index (κ2) is 14.2. The molecule has 0 amide bonds. The highest BCUT2D eigenvalue weighted by atomic mass is 127. The lowest BCUT2D eigenvalue weighted by Crippen LogP contribution is -2.50. The molecule has 2 N–H and O–H groups in total. The molecule has 166 valence electrons. The zero-order chi connectivity index (χ0) is 20.4. The molecule has 2 atom stereocenters. The van der Waals surface area contributed by atoms with Crippen LogP contribution in [0.3, 0.4) is 0 Å². The van der Waals surface area contributed by atoms with Crippen LogP contribution >= 0.6 is 24.0 Å². The summed E-state index contributed by atoms with van der Waals surface area (Å²) >= 11 is 0. The molecule has 1 fully saturated rings. The molecule has 0 aromatic heterocycles. The summed E-state index contributed by atoms with van der Waals surface area (Å²) in [6.45, 7) is 12.9. The highest BCUT2D eigenvalue weighted by Gasteiger charge is 2.21. The molecule has 1 saturated heterocycles. The second-order valence-electron chi connectivity index (χ2n) is 8.14. The fourth-order valence-corrected chi connectivity index (χ4v) is 3.56. The van der Waals surface area contributed by atoms with E-state index in [9.17, 15) is 0 Å². The summed E-state index contributed by atoms with van der Waals surface area (Å²) in [5.74, 6) is 1.54. The number of likely N-dealkylation sites (N-methyl/N-ethyl adjacent to an activating group) is 1. The first-order valence-electron chi connectivity index (χ1n) is 10.6. The molecular weight excluding hydrogens is 477 g/mol. The fraction of sp³-hybridized carbons (Fsp3) is 0.682. The number of benzene rings is 1. The van der Waals surface area contributed by atoms with Crippen LogP contribution in [0.25, 0.3) is 0 Å². The third-order valence-electron chi connectivity index (χ3n) is 4.92. The summed E-state index contributed by atoms with van der Waals surface area (Å²) < 4.78 is 5.96. The summed E-state index contributed by atoms with van der Waals surface area (Å²) in [6.07, 6.45) is 0.204. The van der Waals surface area contributed by atoms with Gasteiger partial charge in [0.25, 0.3) is 0 Å². The van der Waals surface area contributed by atoms with E-state index in [0.717, 1.165) is 45.3 Å². The molecule has 0 aliphatic carbocycles. The number of hydrogen-bond donors (Lipinski definition) is 2.